The zero-order valence-corrected chi connectivity index (χ0v) is 37.2. The lowest BCUT2D eigenvalue weighted by atomic mass is 9.99. The number of nitrogens with zero attached hydrogens (tertiary/aromatic N) is 3. The van der Waals surface area contributed by atoms with E-state index in [1.807, 2.05) is 0 Å². The summed E-state index contributed by atoms with van der Waals surface area (Å²) < 4.78 is 16.8. The van der Waals surface area contributed by atoms with Crippen molar-refractivity contribution < 1.29 is 8.83 Å². The summed E-state index contributed by atoms with van der Waals surface area (Å²) in [5.74, 6) is 0. The van der Waals surface area contributed by atoms with E-state index in [1.165, 1.54) is 33.4 Å². The van der Waals surface area contributed by atoms with E-state index in [2.05, 4.69) is 220 Å². The molecule has 0 N–H and O–H groups in total. The van der Waals surface area contributed by atoms with Gasteiger partial charge in [-0.15, -0.1) is 0 Å². The van der Waals surface area contributed by atoms with Crippen LogP contribution in [-0.4, -0.2) is 4.40 Å². The molecule has 5 nitrogen and oxygen atoms in total. The van der Waals surface area contributed by atoms with Crippen molar-refractivity contribution in [1.29, 1.82) is 0 Å². The zero-order valence-electron chi connectivity index (χ0n) is 37.2. The average Bonchev–Trinajstić information content (AvgIpc) is 4.05. The average molecular weight is 840 g/mol. The minimum atomic E-state index is 0.852. The molecule has 0 atom stereocenters. The first-order chi connectivity index (χ1) is 31.7. The zero-order chi connectivity index (χ0) is 43.8. The summed E-state index contributed by atoms with van der Waals surface area (Å²) in [6.45, 7) is 13.2. The first kappa shape index (κ1) is 37.5. The third-order valence-electron chi connectivity index (χ3n) is 13.6. The van der Waals surface area contributed by atoms with Gasteiger partial charge in [-0.25, -0.2) is 0 Å². The van der Waals surface area contributed by atoms with Crippen molar-refractivity contribution in [3.63, 3.8) is 0 Å². The number of benzene rings is 9. The van der Waals surface area contributed by atoms with Gasteiger partial charge >= 0.3 is 0 Å². The molecule has 0 unspecified atom stereocenters. The topological polar surface area (TPSA) is 37.2 Å². The van der Waals surface area contributed by atoms with Gasteiger partial charge in [-0.1, -0.05) is 103 Å². The SMILES string of the molecule is Cc1cc(C)cc(N(c2ccccc2C)c2cc3c4ccccc4oc3c3c2c2cccc4c5c(N(c6cc(C)cc(C)c6)c6ccccc6C)cc6c7ccccc7oc6c5n3c24)c1. The predicted molar refractivity (Wildman–Crippen MR) is 273 cm³/mol. The first-order valence-corrected chi connectivity index (χ1v) is 22.5. The fourth-order valence-corrected chi connectivity index (χ4v) is 11.1. The molecule has 0 radical (unpaired) electrons. The van der Waals surface area contributed by atoms with Gasteiger partial charge < -0.3 is 23.0 Å². The molecule has 0 amide bonds. The van der Waals surface area contributed by atoms with Crippen LogP contribution >= 0.6 is 0 Å². The summed E-state index contributed by atoms with van der Waals surface area (Å²) in [6, 6.07) is 59.8. The number of hydrogen-bond acceptors (Lipinski definition) is 4. The minimum absolute atomic E-state index is 0.852. The van der Waals surface area contributed by atoms with Gasteiger partial charge in [-0.05, 0) is 136 Å². The van der Waals surface area contributed by atoms with Crippen molar-refractivity contribution in [2.24, 2.45) is 0 Å². The molecule has 0 saturated carbocycles. The van der Waals surface area contributed by atoms with Gasteiger partial charge in [0.25, 0.3) is 0 Å². The van der Waals surface area contributed by atoms with Gasteiger partial charge in [0, 0.05) is 65.8 Å². The molecule has 65 heavy (non-hydrogen) atoms. The molecule has 0 saturated heterocycles. The first-order valence-electron chi connectivity index (χ1n) is 22.5. The molecular weight excluding hydrogens is 795 g/mol. The van der Waals surface area contributed by atoms with E-state index in [0.717, 1.165) is 116 Å². The number of hydrogen-bond donors (Lipinski definition) is 0. The lowest BCUT2D eigenvalue weighted by molar-refractivity contribution is 0.670. The Hall–Kier alpha value is -8.02. The van der Waals surface area contributed by atoms with E-state index in [1.54, 1.807) is 0 Å². The highest BCUT2D eigenvalue weighted by Gasteiger charge is 2.32. The van der Waals surface area contributed by atoms with Crippen molar-refractivity contribution in [2.75, 3.05) is 9.80 Å². The number of rotatable bonds is 6. The molecule has 4 aromatic heterocycles. The van der Waals surface area contributed by atoms with E-state index in [-0.39, 0.29) is 0 Å². The summed E-state index contributed by atoms with van der Waals surface area (Å²) >= 11 is 0. The summed E-state index contributed by atoms with van der Waals surface area (Å²) in [7, 11) is 0. The molecule has 9 aromatic carbocycles. The summed E-state index contributed by atoms with van der Waals surface area (Å²) in [6.07, 6.45) is 0. The van der Waals surface area contributed by atoms with Crippen LogP contribution in [0, 0.1) is 41.5 Å². The lowest BCUT2D eigenvalue weighted by Crippen LogP contribution is -2.12. The molecule has 13 rings (SSSR count). The second-order valence-electron chi connectivity index (χ2n) is 18.2. The molecule has 5 heteroatoms. The van der Waals surface area contributed by atoms with Crippen LogP contribution in [0.4, 0.5) is 34.1 Å². The lowest BCUT2D eigenvalue weighted by Gasteiger charge is -2.29. The largest absolute Gasteiger partial charge is 0.454 e. The third-order valence-corrected chi connectivity index (χ3v) is 13.6. The Morgan fingerprint density at radius 1 is 0.338 bits per heavy atom. The molecule has 0 bridgehead atoms. The van der Waals surface area contributed by atoms with E-state index >= 15 is 0 Å². The molecule has 312 valence electrons. The fourth-order valence-electron chi connectivity index (χ4n) is 11.1. The smallest absolute Gasteiger partial charge is 0.160 e. The second-order valence-corrected chi connectivity index (χ2v) is 18.2. The Kier molecular flexibility index (Phi) is 7.93. The van der Waals surface area contributed by atoms with Crippen molar-refractivity contribution in [2.45, 2.75) is 41.5 Å². The normalized spacial score (nSPS) is 12.2. The van der Waals surface area contributed by atoms with Crippen LogP contribution in [0.5, 0.6) is 0 Å². The van der Waals surface area contributed by atoms with Crippen LogP contribution in [0.25, 0.3) is 82.0 Å². The highest BCUT2D eigenvalue weighted by Crippen LogP contribution is 2.55. The third kappa shape index (κ3) is 5.39. The number of para-hydroxylation sites is 5. The summed E-state index contributed by atoms with van der Waals surface area (Å²) in [5, 5.41) is 8.84. The molecule has 0 aliphatic heterocycles. The van der Waals surface area contributed by atoms with Crippen LogP contribution < -0.4 is 9.80 Å². The molecule has 0 aliphatic rings. The quantitative estimate of drug-likeness (QED) is 0.167. The van der Waals surface area contributed by atoms with Gasteiger partial charge in [0.05, 0.1) is 16.9 Å². The molecular formula is C60H45N3O2. The molecule has 4 heterocycles. The fraction of sp³-hybridized carbons (Fsp3) is 0.100. The van der Waals surface area contributed by atoms with Crippen molar-refractivity contribution in [3.8, 4) is 0 Å². The van der Waals surface area contributed by atoms with Gasteiger partial charge in [-0.3, -0.25) is 0 Å². The molecule has 13 aromatic rings. The molecule has 0 aliphatic carbocycles. The standard InChI is InChI=1S/C60H45N3O2/c1-34-26-35(2)29-40(28-34)61(48-22-11-7-16-38(48)5)50-32-46-42-18-9-13-24-52(42)64-59(46)57-54(50)44-20-15-21-45-55-51(62(49-23-12-8-17-39(49)6)41-30-36(3)27-37(4)31-41)33-47-43-19-10-14-25-53(43)65-60(47)58(55)63(57)56(44)45/h7-33H,1-6H3. The van der Waals surface area contributed by atoms with E-state index < -0.39 is 0 Å². The van der Waals surface area contributed by atoms with Gasteiger partial charge in [0.1, 0.15) is 22.2 Å². The van der Waals surface area contributed by atoms with Crippen LogP contribution in [0.1, 0.15) is 33.4 Å². The Bertz CT molecular complexity index is 3810. The Morgan fingerprint density at radius 2 is 0.723 bits per heavy atom. The monoisotopic (exact) mass is 839 g/mol. The molecule has 0 spiro atoms. The maximum atomic E-state index is 7.13. The highest BCUT2D eigenvalue weighted by molar-refractivity contribution is 6.36. The van der Waals surface area contributed by atoms with E-state index in [4.69, 9.17) is 8.83 Å². The number of aryl methyl sites for hydroxylation is 6. The summed E-state index contributed by atoms with van der Waals surface area (Å²) in [4.78, 5) is 4.95. The highest BCUT2D eigenvalue weighted by atomic mass is 16.3. The number of aromatic nitrogens is 1. The van der Waals surface area contributed by atoms with Gasteiger partial charge in [-0.2, -0.15) is 0 Å². The van der Waals surface area contributed by atoms with Crippen LogP contribution in [0.2, 0.25) is 0 Å². The Balaban J connectivity index is 1.29. The molecule has 0 fully saturated rings. The predicted octanol–water partition coefficient (Wildman–Crippen LogP) is 17.4. The van der Waals surface area contributed by atoms with Crippen LogP contribution in [-0.2, 0) is 0 Å². The van der Waals surface area contributed by atoms with Gasteiger partial charge in [0.15, 0.2) is 11.2 Å². The number of fused-ring (bicyclic) bond motifs is 14. The number of anilines is 6. The van der Waals surface area contributed by atoms with E-state index in [9.17, 15) is 0 Å². The van der Waals surface area contributed by atoms with Crippen LogP contribution in [0.3, 0.4) is 0 Å². The Morgan fingerprint density at radius 3 is 1.15 bits per heavy atom. The second kappa shape index (κ2) is 13.7. The van der Waals surface area contributed by atoms with Gasteiger partial charge in [0.2, 0.25) is 0 Å². The maximum absolute atomic E-state index is 7.13. The maximum Gasteiger partial charge on any atom is 0.160 e. The van der Waals surface area contributed by atoms with Crippen LogP contribution in [0.15, 0.2) is 173 Å². The van der Waals surface area contributed by atoms with E-state index in [0.29, 0.717) is 0 Å². The van der Waals surface area contributed by atoms with Crippen molar-refractivity contribution in [3.05, 3.63) is 197 Å². The minimum Gasteiger partial charge on any atom is -0.454 e. The number of furan rings is 2. The van der Waals surface area contributed by atoms with Crippen molar-refractivity contribution in [1.82, 2.24) is 4.40 Å². The van der Waals surface area contributed by atoms with Crippen molar-refractivity contribution >= 4 is 116 Å². The Labute approximate surface area is 376 Å². The summed E-state index contributed by atoms with van der Waals surface area (Å²) in [5.41, 5.74) is 20.5.